The Bertz CT molecular complexity index is 423. The Morgan fingerprint density at radius 3 is 2.70 bits per heavy atom. The fraction of sp³-hybridized carbons (Fsp3) is 0.733. The molecule has 0 amide bonds. The summed E-state index contributed by atoms with van der Waals surface area (Å²) in [6, 6.07) is 2.48. The van der Waals surface area contributed by atoms with Crippen molar-refractivity contribution in [1.29, 1.82) is 0 Å². The van der Waals surface area contributed by atoms with E-state index in [1.54, 1.807) is 7.11 Å². The van der Waals surface area contributed by atoms with Crippen LogP contribution in [0.3, 0.4) is 0 Å². The minimum atomic E-state index is 0.435. The monoisotopic (exact) mass is 278 g/mol. The average Bonchev–Trinajstić information content (AvgIpc) is 2.69. The molecule has 5 nitrogen and oxygen atoms in total. The molecule has 112 valence electrons. The second-order valence-electron chi connectivity index (χ2n) is 6.27. The lowest BCUT2D eigenvalue weighted by molar-refractivity contribution is 0.178. The molecule has 0 aromatic carbocycles. The highest BCUT2D eigenvalue weighted by Gasteiger charge is 2.31. The third kappa shape index (κ3) is 4.07. The van der Waals surface area contributed by atoms with Crippen LogP contribution in [0.1, 0.15) is 45.9 Å². The number of ether oxygens (including phenoxy) is 1. The average molecular weight is 278 g/mol. The number of rotatable bonds is 6. The maximum atomic E-state index is 5.14. The third-order valence-electron chi connectivity index (χ3n) is 3.72. The van der Waals surface area contributed by atoms with Gasteiger partial charge in [-0.3, -0.25) is 0 Å². The normalized spacial score (nSPS) is 20.9. The van der Waals surface area contributed by atoms with Gasteiger partial charge in [0, 0.05) is 25.8 Å². The molecular formula is C15H26N4O. The molecule has 0 radical (unpaired) electrons. The van der Waals surface area contributed by atoms with Crippen LogP contribution >= 0.6 is 0 Å². The van der Waals surface area contributed by atoms with E-state index in [0.29, 0.717) is 23.9 Å². The van der Waals surface area contributed by atoms with Crippen LogP contribution in [0.5, 0.6) is 0 Å². The first-order chi connectivity index (χ1) is 9.52. The van der Waals surface area contributed by atoms with Crippen molar-refractivity contribution in [2.45, 2.75) is 52.7 Å². The lowest BCUT2D eigenvalue weighted by Gasteiger charge is -2.18. The highest BCUT2D eigenvalue weighted by molar-refractivity contribution is 5.48. The van der Waals surface area contributed by atoms with Gasteiger partial charge in [0.2, 0.25) is 0 Å². The first kappa shape index (κ1) is 15.0. The first-order valence-corrected chi connectivity index (χ1v) is 7.40. The summed E-state index contributed by atoms with van der Waals surface area (Å²) in [6.45, 7) is 8.00. The summed E-state index contributed by atoms with van der Waals surface area (Å²) in [5.74, 6) is 2.46. The number of methoxy groups -OCH3 is 1. The van der Waals surface area contributed by atoms with Crippen LogP contribution in [0.2, 0.25) is 0 Å². The maximum absolute atomic E-state index is 5.14. The molecule has 2 N–H and O–H groups in total. The molecule has 0 bridgehead atoms. The van der Waals surface area contributed by atoms with E-state index in [1.807, 2.05) is 6.07 Å². The number of hydrogen-bond donors (Lipinski definition) is 2. The second-order valence-corrected chi connectivity index (χ2v) is 6.27. The molecule has 1 fully saturated rings. The van der Waals surface area contributed by atoms with E-state index in [0.717, 1.165) is 18.2 Å². The Morgan fingerprint density at radius 1 is 1.35 bits per heavy atom. The summed E-state index contributed by atoms with van der Waals surface area (Å²) in [7, 11) is 1.66. The molecule has 0 spiro atoms. The van der Waals surface area contributed by atoms with Gasteiger partial charge in [-0.25, -0.2) is 9.97 Å². The quantitative estimate of drug-likeness (QED) is 0.837. The minimum Gasteiger partial charge on any atom is -0.377 e. The van der Waals surface area contributed by atoms with Crippen LogP contribution in [0.15, 0.2) is 6.07 Å². The van der Waals surface area contributed by atoms with E-state index in [9.17, 15) is 0 Å². The molecule has 0 aliphatic heterocycles. The van der Waals surface area contributed by atoms with Gasteiger partial charge < -0.3 is 15.4 Å². The van der Waals surface area contributed by atoms with Crippen LogP contribution in [0.4, 0.5) is 11.6 Å². The van der Waals surface area contributed by atoms with Crippen molar-refractivity contribution >= 4 is 11.6 Å². The van der Waals surface area contributed by atoms with Gasteiger partial charge in [-0.2, -0.15) is 0 Å². The number of nitrogens with one attached hydrogen (secondary N) is 2. The van der Waals surface area contributed by atoms with E-state index < -0.39 is 0 Å². The summed E-state index contributed by atoms with van der Waals surface area (Å²) >= 11 is 0. The summed E-state index contributed by atoms with van der Waals surface area (Å²) < 4.78 is 5.14. The highest BCUT2D eigenvalue weighted by atomic mass is 16.5. The first-order valence-electron chi connectivity index (χ1n) is 7.40. The standard InChI is InChI=1S/C15H26N4O/c1-5-16-12-8-13(19-14(18-12)10-20-4)17-11-6-7-15(2,3)9-11/h8,11H,5-7,9-10H2,1-4H3,(H2,16,17,18,19). The zero-order chi connectivity index (χ0) is 14.6. The predicted octanol–water partition coefficient (Wildman–Crippen LogP) is 3.05. The molecule has 20 heavy (non-hydrogen) atoms. The molecule has 1 unspecified atom stereocenters. The highest BCUT2D eigenvalue weighted by Crippen LogP contribution is 2.38. The van der Waals surface area contributed by atoms with Crippen LogP contribution < -0.4 is 10.6 Å². The molecule has 1 saturated carbocycles. The summed E-state index contributed by atoms with van der Waals surface area (Å²) in [6.07, 6.45) is 3.65. The van der Waals surface area contributed by atoms with E-state index in [4.69, 9.17) is 4.74 Å². The maximum Gasteiger partial charge on any atom is 0.158 e. The van der Waals surface area contributed by atoms with Gasteiger partial charge in [0.15, 0.2) is 5.82 Å². The van der Waals surface area contributed by atoms with Gasteiger partial charge in [0.05, 0.1) is 0 Å². The molecule has 1 aromatic rings. The van der Waals surface area contributed by atoms with Crippen molar-refractivity contribution in [1.82, 2.24) is 9.97 Å². The summed E-state index contributed by atoms with van der Waals surface area (Å²) in [5.41, 5.74) is 0.435. The Labute approximate surface area is 121 Å². The van der Waals surface area contributed by atoms with Gasteiger partial charge >= 0.3 is 0 Å². The predicted molar refractivity (Wildman–Crippen MR) is 82.0 cm³/mol. The van der Waals surface area contributed by atoms with Crippen molar-refractivity contribution in [3.05, 3.63) is 11.9 Å². The minimum absolute atomic E-state index is 0.435. The van der Waals surface area contributed by atoms with Crippen LogP contribution in [0.25, 0.3) is 0 Å². The molecule has 1 aliphatic rings. The molecule has 2 rings (SSSR count). The number of nitrogens with zero attached hydrogens (tertiary/aromatic N) is 2. The smallest absolute Gasteiger partial charge is 0.158 e. The number of hydrogen-bond acceptors (Lipinski definition) is 5. The van der Waals surface area contributed by atoms with Gasteiger partial charge in [0.1, 0.15) is 18.2 Å². The Morgan fingerprint density at radius 2 is 2.10 bits per heavy atom. The van der Waals surface area contributed by atoms with Gasteiger partial charge in [-0.15, -0.1) is 0 Å². The molecule has 1 aliphatic carbocycles. The molecule has 1 heterocycles. The van der Waals surface area contributed by atoms with Crippen LogP contribution in [-0.4, -0.2) is 29.7 Å². The summed E-state index contributed by atoms with van der Waals surface area (Å²) in [5, 5.41) is 6.79. The van der Waals surface area contributed by atoms with Gasteiger partial charge in [-0.1, -0.05) is 13.8 Å². The summed E-state index contributed by atoms with van der Waals surface area (Å²) in [4.78, 5) is 8.96. The van der Waals surface area contributed by atoms with E-state index >= 15 is 0 Å². The van der Waals surface area contributed by atoms with Crippen molar-refractivity contribution in [3.8, 4) is 0 Å². The number of anilines is 2. The van der Waals surface area contributed by atoms with E-state index in [2.05, 4.69) is 41.4 Å². The second kappa shape index (κ2) is 6.39. The largest absolute Gasteiger partial charge is 0.377 e. The van der Waals surface area contributed by atoms with Gasteiger partial charge in [-0.05, 0) is 31.6 Å². The lowest BCUT2D eigenvalue weighted by Crippen LogP contribution is -2.19. The van der Waals surface area contributed by atoms with Crippen LogP contribution in [-0.2, 0) is 11.3 Å². The molecule has 5 heteroatoms. The van der Waals surface area contributed by atoms with Crippen molar-refractivity contribution < 1.29 is 4.74 Å². The molecule has 0 saturated heterocycles. The fourth-order valence-electron chi connectivity index (χ4n) is 2.80. The van der Waals surface area contributed by atoms with Crippen molar-refractivity contribution in [3.63, 3.8) is 0 Å². The van der Waals surface area contributed by atoms with E-state index in [1.165, 1.54) is 19.3 Å². The fourth-order valence-corrected chi connectivity index (χ4v) is 2.80. The number of aromatic nitrogens is 2. The molecule has 1 aromatic heterocycles. The Kier molecular flexibility index (Phi) is 4.81. The Hall–Kier alpha value is -1.36. The molecule has 1 atom stereocenters. The SMILES string of the molecule is CCNc1cc(NC2CCC(C)(C)C2)nc(COC)n1. The topological polar surface area (TPSA) is 59.1 Å². The zero-order valence-electron chi connectivity index (χ0n) is 13.0. The van der Waals surface area contributed by atoms with Crippen LogP contribution in [0, 0.1) is 5.41 Å². The Balaban J connectivity index is 2.09. The third-order valence-corrected chi connectivity index (χ3v) is 3.72. The van der Waals surface area contributed by atoms with E-state index in [-0.39, 0.29) is 0 Å². The lowest BCUT2D eigenvalue weighted by atomic mass is 9.92. The molecular weight excluding hydrogens is 252 g/mol. The zero-order valence-corrected chi connectivity index (χ0v) is 13.0. The van der Waals surface area contributed by atoms with Gasteiger partial charge in [0.25, 0.3) is 0 Å². The van der Waals surface area contributed by atoms with Crippen molar-refractivity contribution in [2.24, 2.45) is 5.41 Å². The van der Waals surface area contributed by atoms with Crippen molar-refractivity contribution in [2.75, 3.05) is 24.3 Å².